The summed E-state index contributed by atoms with van der Waals surface area (Å²) in [6, 6.07) is 15.7. The lowest BCUT2D eigenvalue weighted by molar-refractivity contribution is -0.169. The summed E-state index contributed by atoms with van der Waals surface area (Å²) in [6.45, 7) is 11.0. The molecule has 2 rings (SSSR count). The minimum atomic E-state index is -0.837. The number of carbonyl (C=O) groups excluding carboxylic acids is 3. The lowest BCUT2D eigenvalue weighted by atomic mass is 9.86. The summed E-state index contributed by atoms with van der Waals surface area (Å²) in [4.78, 5) is 37.8. The quantitative estimate of drug-likeness (QED) is 0.344. The zero-order valence-corrected chi connectivity index (χ0v) is 20.3. The van der Waals surface area contributed by atoms with Crippen LogP contribution in [0.25, 0.3) is 0 Å². The third-order valence-corrected chi connectivity index (χ3v) is 5.73. The molecule has 2 atom stereocenters. The monoisotopic (exact) mass is 454 g/mol. The largest absolute Gasteiger partial charge is 0.459 e. The summed E-state index contributed by atoms with van der Waals surface area (Å²) in [7, 11) is 0. The predicted molar refractivity (Wildman–Crippen MR) is 126 cm³/mol. The number of esters is 3. The van der Waals surface area contributed by atoms with E-state index in [1.807, 2.05) is 58.0 Å². The third-order valence-electron chi connectivity index (χ3n) is 5.73. The average molecular weight is 455 g/mol. The van der Waals surface area contributed by atoms with E-state index in [4.69, 9.17) is 14.2 Å². The molecule has 0 aliphatic rings. The van der Waals surface area contributed by atoms with E-state index in [2.05, 4.69) is 0 Å². The Balaban J connectivity index is 2.13. The molecule has 6 nitrogen and oxygen atoms in total. The van der Waals surface area contributed by atoms with Gasteiger partial charge in [-0.1, -0.05) is 70.2 Å². The van der Waals surface area contributed by atoms with Gasteiger partial charge in [-0.15, -0.1) is 0 Å². The summed E-state index contributed by atoms with van der Waals surface area (Å²) in [5, 5.41) is 0. The molecule has 0 saturated heterocycles. The summed E-state index contributed by atoms with van der Waals surface area (Å²) >= 11 is 0. The lowest BCUT2D eigenvalue weighted by Gasteiger charge is -2.36. The van der Waals surface area contributed by atoms with Crippen LogP contribution in [-0.2, 0) is 25.6 Å². The van der Waals surface area contributed by atoms with Crippen LogP contribution in [0.4, 0.5) is 0 Å². The maximum atomic E-state index is 13.0. The summed E-state index contributed by atoms with van der Waals surface area (Å²) in [6.07, 6.45) is 0.0109. The van der Waals surface area contributed by atoms with Crippen molar-refractivity contribution < 1.29 is 28.6 Å². The van der Waals surface area contributed by atoms with E-state index in [-0.39, 0.29) is 35.5 Å². The van der Waals surface area contributed by atoms with Crippen molar-refractivity contribution in [3.05, 3.63) is 71.3 Å². The van der Waals surface area contributed by atoms with Gasteiger partial charge in [-0.2, -0.15) is 0 Å². The standard InChI is InChI=1S/C27H34O6/c1-7-23(19(4)27(5,6)33-24(28)18(2)3)32-26(30)22-16-12-11-15-21(22)25(29)31-17-20-13-9-8-10-14-20/h8-16,18-19,23H,7,17H2,1-6H3. The van der Waals surface area contributed by atoms with Crippen LogP contribution in [0, 0.1) is 11.8 Å². The van der Waals surface area contributed by atoms with Crippen molar-refractivity contribution in [3.8, 4) is 0 Å². The van der Waals surface area contributed by atoms with Gasteiger partial charge in [0.15, 0.2) is 0 Å². The first-order valence-electron chi connectivity index (χ1n) is 11.3. The first-order valence-corrected chi connectivity index (χ1v) is 11.3. The van der Waals surface area contributed by atoms with Gasteiger partial charge in [0, 0.05) is 5.92 Å². The lowest BCUT2D eigenvalue weighted by Crippen LogP contribution is -2.43. The van der Waals surface area contributed by atoms with Crippen LogP contribution in [-0.4, -0.2) is 29.6 Å². The van der Waals surface area contributed by atoms with E-state index in [1.165, 1.54) is 0 Å². The van der Waals surface area contributed by atoms with Crippen molar-refractivity contribution in [1.29, 1.82) is 0 Å². The second-order valence-corrected chi connectivity index (χ2v) is 8.93. The zero-order valence-electron chi connectivity index (χ0n) is 20.3. The fourth-order valence-corrected chi connectivity index (χ4v) is 3.30. The minimum Gasteiger partial charge on any atom is -0.459 e. The predicted octanol–water partition coefficient (Wildman–Crippen LogP) is 5.59. The van der Waals surface area contributed by atoms with Gasteiger partial charge < -0.3 is 14.2 Å². The second-order valence-electron chi connectivity index (χ2n) is 8.93. The summed E-state index contributed by atoms with van der Waals surface area (Å²) < 4.78 is 16.9. The molecule has 0 aromatic heterocycles. The minimum absolute atomic E-state index is 0.104. The van der Waals surface area contributed by atoms with E-state index >= 15 is 0 Å². The third kappa shape index (κ3) is 7.17. The Bertz CT molecular complexity index is 948. The van der Waals surface area contributed by atoms with Crippen molar-refractivity contribution >= 4 is 17.9 Å². The van der Waals surface area contributed by atoms with Crippen molar-refractivity contribution in [2.75, 3.05) is 0 Å². The Kier molecular flexibility index (Phi) is 9.21. The molecule has 0 aliphatic carbocycles. The number of rotatable bonds is 10. The van der Waals surface area contributed by atoms with Crippen LogP contribution in [0.5, 0.6) is 0 Å². The van der Waals surface area contributed by atoms with Gasteiger partial charge in [-0.05, 0) is 38.0 Å². The molecule has 178 valence electrons. The van der Waals surface area contributed by atoms with Crippen LogP contribution in [0.15, 0.2) is 54.6 Å². The molecule has 2 unspecified atom stereocenters. The number of hydrogen-bond acceptors (Lipinski definition) is 6. The molecule has 0 N–H and O–H groups in total. The Hall–Kier alpha value is -3.15. The molecule has 0 bridgehead atoms. The fourth-order valence-electron chi connectivity index (χ4n) is 3.30. The Morgan fingerprint density at radius 3 is 1.94 bits per heavy atom. The van der Waals surface area contributed by atoms with Crippen molar-refractivity contribution in [1.82, 2.24) is 0 Å². The highest BCUT2D eigenvalue weighted by Gasteiger charge is 2.37. The van der Waals surface area contributed by atoms with Crippen LogP contribution >= 0.6 is 0 Å². The molecule has 2 aromatic rings. The van der Waals surface area contributed by atoms with Gasteiger partial charge in [0.1, 0.15) is 18.3 Å². The molecular formula is C27H34O6. The van der Waals surface area contributed by atoms with E-state index < -0.39 is 23.6 Å². The maximum Gasteiger partial charge on any atom is 0.339 e. The fraction of sp³-hybridized carbons (Fsp3) is 0.444. The number of ether oxygens (including phenoxy) is 3. The highest BCUT2D eigenvalue weighted by molar-refractivity contribution is 6.03. The summed E-state index contributed by atoms with van der Waals surface area (Å²) in [5.74, 6) is -2.05. The Morgan fingerprint density at radius 1 is 0.848 bits per heavy atom. The van der Waals surface area contributed by atoms with Gasteiger partial charge >= 0.3 is 17.9 Å². The molecule has 0 radical (unpaired) electrons. The topological polar surface area (TPSA) is 78.9 Å². The van der Waals surface area contributed by atoms with Gasteiger partial charge in [-0.25, -0.2) is 9.59 Å². The van der Waals surface area contributed by atoms with E-state index in [0.29, 0.717) is 6.42 Å². The Labute approximate surface area is 196 Å². The first kappa shape index (κ1) is 26.1. The van der Waals surface area contributed by atoms with Crippen LogP contribution < -0.4 is 0 Å². The maximum absolute atomic E-state index is 13.0. The molecule has 2 aromatic carbocycles. The molecular weight excluding hydrogens is 420 g/mol. The number of hydrogen-bond donors (Lipinski definition) is 0. The van der Waals surface area contributed by atoms with Gasteiger partial charge in [-0.3, -0.25) is 4.79 Å². The van der Waals surface area contributed by atoms with Crippen LogP contribution in [0.2, 0.25) is 0 Å². The van der Waals surface area contributed by atoms with Crippen LogP contribution in [0.3, 0.4) is 0 Å². The highest BCUT2D eigenvalue weighted by atomic mass is 16.6. The molecule has 0 heterocycles. The second kappa shape index (κ2) is 11.6. The van der Waals surface area contributed by atoms with Gasteiger partial charge in [0.25, 0.3) is 0 Å². The number of carbonyl (C=O) groups is 3. The average Bonchev–Trinajstić information content (AvgIpc) is 2.80. The highest BCUT2D eigenvalue weighted by Crippen LogP contribution is 2.29. The van der Waals surface area contributed by atoms with E-state index in [0.717, 1.165) is 5.56 Å². The molecule has 33 heavy (non-hydrogen) atoms. The number of benzene rings is 2. The molecule has 6 heteroatoms. The molecule has 0 amide bonds. The molecule has 0 aliphatic heterocycles. The van der Waals surface area contributed by atoms with Gasteiger partial charge in [0.05, 0.1) is 17.0 Å². The zero-order chi connectivity index (χ0) is 24.6. The van der Waals surface area contributed by atoms with Crippen molar-refractivity contribution in [2.24, 2.45) is 11.8 Å². The van der Waals surface area contributed by atoms with E-state index in [9.17, 15) is 14.4 Å². The normalized spacial score (nSPS) is 13.2. The summed E-state index contributed by atoms with van der Waals surface area (Å²) in [5.41, 5.74) is 0.296. The van der Waals surface area contributed by atoms with Crippen molar-refractivity contribution in [2.45, 2.75) is 66.3 Å². The van der Waals surface area contributed by atoms with Crippen LogP contribution in [0.1, 0.15) is 74.2 Å². The Morgan fingerprint density at radius 2 is 1.39 bits per heavy atom. The first-order chi connectivity index (χ1) is 15.6. The smallest absolute Gasteiger partial charge is 0.339 e. The molecule has 0 saturated carbocycles. The molecule has 0 fully saturated rings. The SMILES string of the molecule is CCC(OC(=O)c1ccccc1C(=O)OCc1ccccc1)C(C)C(C)(C)OC(=O)C(C)C. The molecule has 0 spiro atoms. The van der Waals surface area contributed by atoms with E-state index in [1.54, 1.807) is 38.1 Å². The van der Waals surface area contributed by atoms with Gasteiger partial charge in [0.2, 0.25) is 0 Å². The van der Waals surface area contributed by atoms with Crippen molar-refractivity contribution in [3.63, 3.8) is 0 Å².